The molecule has 1 aromatic heterocycles. The Bertz CT molecular complexity index is 365. The summed E-state index contributed by atoms with van der Waals surface area (Å²) in [6.45, 7) is 3.78. The van der Waals surface area contributed by atoms with Gasteiger partial charge in [-0.15, -0.1) is 11.3 Å². The van der Waals surface area contributed by atoms with Crippen LogP contribution in [0.3, 0.4) is 0 Å². The highest BCUT2D eigenvalue weighted by atomic mass is 32.1. The van der Waals surface area contributed by atoms with Crippen LogP contribution in [0.2, 0.25) is 0 Å². The molecule has 1 heterocycles. The van der Waals surface area contributed by atoms with E-state index in [-0.39, 0.29) is 0 Å². The first-order chi connectivity index (χ1) is 8.00. The zero-order chi connectivity index (χ0) is 12.8. The van der Waals surface area contributed by atoms with Crippen molar-refractivity contribution in [3.05, 3.63) is 21.9 Å². The Morgan fingerprint density at radius 2 is 2.29 bits per heavy atom. The van der Waals surface area contributed by atoms with Gasteiger partial charge >= 0.3 is 5.97 Å². The number of aliphatic carboxylic acids is 1. The monoisotopic (exact) mass is 256 g/mol. The number of nitrogens with zero attached hydrogens (tertiary/aromatic N) is 1. The van der Waals surface area contributed by atoms with E-state index in [0.717, 1.165) is 19.5 Å². The summed E-state index contributed by atoms with van der Waals surface area (Å²) in [7, 11) is 2.00. The van der Waals surface area contributed by atoms with E-state index in [9.17, 15) is 4.79 Å². The van der Waals surface area contributed by atoms with Crippen LogP contribution in [0.4, 0.5) is 0 Å². The van der Waals surface area contributed by atoms with Gasteiger partial charge < -0.3 is 15.7 Å². The van der Waals surface area contributed by atoms with Gasteiger partial charge in [0.15, 0.2) is 0 Å². The molecule has 1 aromatic rings. The predicted molar refractivity (Wildman–Crippen MR) is 70.5 cm³/mol. The fourth-order valence-electron chi connectivity index (χ4n) is 1.55. The highest BCUT2D eigenvalue weighted by Gasteiger charge is 2.12. The van der Waals surface area contributed by atoms with E-state index in [0.29, 0.717) is 6.42 Å². The quantitative estimate of drug-likeness (QED) is 0.772. The standard InChI is InChI=1S/C12H20N2O2S/c1-9-5-8-17-11(9)4-7-14(2)6-3-10(13)12(15)16/h5,8,10H,3-4,6-7,13H2,1-2H3,(H,15,16). The van der Waals surface area contributed by atoms with Crippen molar-refractivity contribution in [3.8, 4) is 0 Å². The van der Waals surface area contributed by atoms with E-state index in [2.05, 4.69) is 23.3 Å². The zero-order valence-corrected chi connectivity index (χ0v) is 11.2. The first-order valence-corrected chi connectivity index (χ1v) is 6.58. The lowest BCUT2D eigenvalue weighted by atomic mass is 10.2. The Morgan fingerprint density at radius 1 is 1.59 bits per heavy atom. The zero-order valence-electron chi connectivity index (χ0n) is 10.3. The van der Waals surface area contributed by atoms with Crippen molar-refractivity contribution in [2.24, 2.45) is 5.73 Å². The molecular weight excluding hydrogens is 236 g/mol. The van der Waals surface area contributed by atoms with Gasteiger partial charge in [-0.25, -0.2) is 0 Å². The number of rotatable bonds is 7. The Hall–Kier alpha value is -0.910. The summed E-state index contributed by atoms with van der Waals surface area (Å²) in [6, 6.07) is 1.38. The van der Waals surface area contributed by atoms with Gasteiger partial charge in [0.05, 0.1) is 0 Å². The molecular formula is C12H20N2O2S. The SMILES string of the molecule is Cc1ccsc1CCN(C)CCC(N)C(=O)O. The number of hydrogen-bond acceptors (Lipinski definition) is 4. The Labute approximate surface area is 106 Å². The number of thiophene rings is 1. The number of carbonyl (C=O) groups is 1. The van der Waals surface area contributed by atoms with Crippen LogP contribution in [0.1, 0.15) is 16.9 Å². The Morgan fingerprint density at radius 3 is 2.82 bits per heavy atom. The van der Waals surface area contributed by atoms with Gasteiger partial charge in [-0.3, -0.25) is 4.79 Å². The van der Waals surface area contributed by atoms with Crippen molar-refractivity contribution in [1.29, 1.82) is 0 Å². The molecule has 17 heavy (non-hydrogen) atoms. The number of likely N-dealkylation sites (N-methyl/N-ethyl adjacent to an activating group) is 1. The van der Waals surface area contributed by atoms with Crippen LogP contribution in [0.15, 0.2) is 11.4 Å². The van der Waals surface area contributed by atoms with Crippen molar-refractivity contribution >= 4 is 17.3 Å². The molecule has 4 nitrogen and oxygen atoms in total. The maximum Gasteiger partial charge on any atom is 0.320 e. The molecule has 0 fully saturated rings. The van der Waals surface area contributed by atoms with Crippen molar-refractivity contribution in [1.82, 2.24) is 4.90 Å². The molecule has 0 aromatic carbocycles. The second-order valence-electron chi connectivity index (χ2n) is 4.31. The summed E-state index contributed by atoms with van der Waals surface area (Å²) in [6.07, 6.45) is 1.51. The molecule has 5 heteroatoms. The number of aryl methyl sites for hydroxylation is 1. The molecule has 0 saturated heterocycles. The summed E-state index contributed by atoms with van der Waals surface area (Å²) in [5.41, 5.74) is 6.79. The highest BCUT2D eigenvalue weighted by Crippen LogP contribution is 2.16. The van der Waals surface area contributed by atoms with E-state index >= 15 is 0 Å². The lowest BCUT2D eigenvalue weighted by molar-refractivity contribution is -0.138. The van der Waals surface area contributed by atoms with Gasteiger partial charge in [0.25, 0.3) is 0 Å². The first kappa shape index (κ1) is 14.2. The van der Waals surface area contributed by atoms with E-state index in [1.807, 2.05) is 7.05 Å². The minimum absolute atomic E-state index is 0.495. The van der Waals surface area contributed by atoms with Crippen LogP contribution in [0.25, 0.3) is 0 Å². The fourth-order valence-corrected chi connectivity index (χ4v) is 2.45. The number of hydrogen-bond donors (Lipinski definition) is 2. The second kappa shape index (κ2) is 6.74. The van der Waals surface area contributed by atoms with E-state index in [1.165, 1.54) is 10.4 Å². The molecule has 0 saturated carbocycles. The summed E-state index contributed by atoms with van der Waals surface area (Å²) < 4.78 is 0. The summed E-state index contributed by atoms with van der Waals surface area (Å²) in [5.74, 6) is -0.924. The molecule has 3 N–H and O–H groups in total. The van der Waals surface area contributed by atoms with Crippen LogP contribution in [0.5, 0.6) is 0 Å². The molecule has 1 atom stereocenters. The fraction of sp³-hybridized carbons (Fsp3) is 0.583. The van der Waals surface area contributed by atoms with Crippen molar-refractivity contribution in [2.75, 3.05) is 20.1 Å². The molecule has 0 radical (unpaired) electrons. The molecule has 1 unspecified atom stereocenters. The normalized spacial score (nSPS) is 12.9. The average Bonchev–Trinajstić information content (AvgIpc) is 2.68. The van der Waals surface area contributed by atoms with Gasteiger partial charge in [-0.2, -0.15) is 0 Å². The molecule has 1 rings (SSSR count). The topological polar surface area (TPSA) is 66.6 Å². The highest BCUT2D eigenvalue weighted by molar-refractivity contribution is 7.10. The second-order valence-corrected chi connectivity index (χ2v) is 5.31. The third kappa shape index (κ3) is 4.85. The third-order valence-electron chi connectivity index (χ3n) is 2.83. The summed E-state index contributed by atoms with van der Waals surface area (Å²) in [5, 5.41) is 10.8. The maximum atomic E-state index is 10.6. The van der Waals surface area contributed by atoms with Crippen LogP contribution in [-0.4, -0.2) is 42.2 Å². The Balaban J connectivity index is 2.24. The largest absolute Gasteiger partial charge is 0.480 e. The molecule has 0 aliphatic carbocycles. The smallest absolute Gasteiger partial charge is 0.320 e. The average molecular weight is 256 g/mol. The van der Waals surface area contributed by atoms with Crippen LogP contribution in [-0.2, 0) is 11.2 Å². The van der Waals surface area contributed by atoms with E-state index in [1.54, 1.807) is 11.3 Å². The van der Waals surface area contributed by atoms with Gasteiger partial charge in [0, 0.05) is 11.4 Å². The number of carboxylic acids is 1. The molecule has 0 amide bonds. The van der Waals surface area contributed by atoms with Crippen molar-refractivity contribution in [3.63, 3.8) is 0 Å². The maximum absolute atomic E-state index is 10.6. The van der Waals surface area contributed by atoms with Gasteiger partial charge in [0.2, 0.25) is 0 Å². The number of nitrogens with two attached hydrogens (primary N) is 1. The summed E-state index contributed by atoms with van der Waals surface area (Å²) >= 11 is 1.78. The van der Waals surface area contributed by atoms with E-state index in [4.69, 9.17) is 10.8 Å². The third-order valence-corrected chi connectivity index (χ3v) is 3.91. The molecule has 0 aliphatic heterocycles. The minimum atomic E-state index is -0.924. The summed E-state index contributed by atoms with van der Waals surface area (Å²) in [4.78, 5) is 14.1. The van der Waals surface area contributed by atoms with Crippen LogP contribution >= 0.6 is 11.3 Å². The van der Waals surface area contributed by atoms with Crippen molar-refractivity contribution < 1.29 is 9.90 Å². The molecule has 0 aliphatic rings. The van der Waals surface area contributed by atoms with Gasteiger partial charge in [-0.05, 0) is 50.4 Å². The van der Waals surface area contributed by atoms with E-state index < -0.39 is 12.0 Å². The molecule has 0 bridgehead atoms. The molecule has 96 valence electrons. The van der Waals surface area contributed by atoms with Gasteiger partial charge in [-0.1, -0.05) is 0 Å². The Kier molecular flexibility index (Phi) is 5.61. The van der Waals surface area contributed by atoms with Crippen LogP contribution in [0, 0.1) is 6.92 Å². The lowest BCUT2D eigenvalue weighted by Crippen LogP contribution is -2.34. The predicted octanol–water partition coefficient (Wildman–Crippen LogP) is 1.33. The first-order valence-electron chi connectivity index (χ1n) is 5.70. The van der Waals surface area contributed by atoms with Gasteiger partial charge in [0.1, 0.15) is 6.04 Å². The van der Waals surface area contributed by atoms with Crippen molar-refractivity contribution in [2.45, 2.75) is 25.8 Å². The lowest BCUT2D eigenvalue weighted by Gasteiger charge is -2.17. The molecule has 0 spiro atoms. The minimum Gasteiger partial charge on any atom is -0.480 e. The number of carboxylic acid groups (broad SMARTS) is 1. The van der Waals surface area contributed by atoms with Crippen LogP contribution < -0.4 is 5.73 Å².